The van der Waals surface area contributed by atoms with E-state index in [0.29, 0.717) is 18.2 Å². The topological polar surface area (TPSA) is 54.0 Å². The fraction of sp³-hybridized carbons (Fsp3) is 0.333. The number of carbonyl (C=O) groups is 1. The van der Waals surface area contributed by atoms with Gasteiger partial charge in [-0.2, -0.15) is 0 Å². The second-order valence-electron chi connectivity index (χ2n) is 5.84. The van der Waals surface area contributed by atoms with Crippen LogP contribution in [-0.2, 0) is 6.42 Å². The van der Waals surface area contributed by atoms with Crippen molar-refractivity contribution in [3.8, 4) is 0 Å². The van der Waals surface area contributed by atoms with Crippen LogP contribution in [0.5, 0.6) is 0 Å². The number of pyridine rings is 1. The Morgan fingerprint density at radius 1 is 1.17 bits per heavy atom. The highest BCUT2D eigenvalue weighted by atomic mass is 35.5. The van der Waals surface area contributed by atoms with Crippen molar-refractivity contribution in [3.63, 3.8) is 0 Å². The molecule has 0 saturated heterocycles. The van der Waals surface area contributed by atoms with Crippen LogP contribution in [0.3, 0.4) is 0 Å². The highest BCUT2D eigenvalue weighted by Crippen LogP contribution is 2.11. The van der Waals surface area contributed by atoms with Gasteiger partial charge in [0.15, 0.2) is 0 Å². The number of nitrogens with zero attached hydrogens (tertiary/aromatic N) is 1. The number of hydrogen-bond acceptors (Lipinski definition) is 3. The summed E-state index contributed by atoms with van der Waals surface area (Å²) in [5.41, 5.74) is 2.56. The van der Waals surface area contributed by atoms with Crippen molar-refractivity contribution in [2.75, 3.05) is 18.4 Å². The second-order valence-corrected chi connectivity index (χ2v) is 6.28. The maximum Gasteiger partial charge on any atom is 0.269 e. The van der Waals surface area contributed by atoms with Gasteiger partial charge in [-0.3, -0.25) is 4.79 Å². The Hall–Kier alpha value is -2.07. The maximum atomic E-state index is 11.9. The molecule has 1 aromatic carbocycles. The highest BCUT2D eigenvalue weighted by molar-refractivity contribution is 6.30. The largest absolute Gasteiger partial charge is 0.383 e. The van der Waals surface area contributed by atoms with E-state index in [2.05, 4.69) is 29.5 Å². The van der Waals surface area contributed by atoms with Crippen molar-refractivity contribution in [3.05, 3.63) is 58.9 Å². The molecule has 23 heavy (non-hydrogen) atoms. The number of aromatic nitrogens is 1. The number of carbonyl (C=O) groups excluding carboxylic acids is 1. The number of hydrogen-bond donors (Lipinski definition) is 2. The molecule has 0 unspecified atom stereocenters. The van der Waals surface area contributed by atoms with E-state index in [0.717, 1.165) is 23.7 Å². The van der Waals surface area contributed by atoms with Crippen LogP contribution in [0.1, 0.15) is 29.9 Å². The monoisotopic (exact) mass is 331 g/mol. The third-order valence-corrected chi connectivity index (χ3v) is 3.58. The van der Waals surface area contributed by atoms with Crippen molar-refractivity contribution in [2.24, 2.45) is 5.92 Å². The van der Waals surface area contributed by atoms with E-state index in [9.17, 15) is 4.79 Å². The summed E-state index contributed by atoms with van der Waals surface area (Å²) in [6, 6.07) is 11.4. The molecule has 2 N–H and O–H groups in total. The van der Waals surface area contributed by atoms with Crippen molar-refractivity contribution in [1.82, 2.24) is 10.3 Å². The molecule has 0 saturated carbocycles. The predicted molar refractivity (Wildman–Crippen MR) is 95.1 cm³/mol. The first kappa shape index (κ1) is 17.3. The Morgan fingerprint density at radius 2 is 1.91 bits per heavy atom. The van der Waals surface area contributed by atoms with Crippen LogP contribution < -0.4 is 10.6 Å². The van der Waals surface area contributed by atoms with Gasteiger partial charge >= 0.3 is 0 Å². The van der Waals surface area contributed by atoms with Crippen LogP contribution >= 0.6 is 11.6 Å². The van der Waals surface area contributed by atoms with Crippen LogP contribution in [0.15, 0.2) is 42.6 Å². The van der Waals surface area contributed by atoms with Gasteiger partial charge < -0.3 is 10.6 Å². The molecule has 0 radical (unpaired) electrons. The Kier molecular flexibility index (Phi) is 6.41. The average Bonchev–Trinajstić information content (AvgIpc) is 2.55. The molecular weight excluding hydrogens is 310 g/mol. The van der Waals surface area contributed by atoms with Gasteiger partial charge in [0.05, 0.1) is 11.9 Å². The van der Waals surface area contributed by atoms with Crippen LogP contribution in [0, 0.1) is 5.92 Å². The minimum absolute atomic E-state index is 0.133. The Morgan fingerprint density at radius 3 is 2.52 bits per heavy atom. The lowest BCUT2D eigenvalue weighted by Crippen LogP contribution is -2.28. The van der Waals surface area contributed by atoms with Gasteiger partial charge in [0.2, 0.25) is 0 Å². The maximum absolute atomic E-state index is 11.9. The van der Waals surface area contributed by atoms with Crippen molar-refractivity contribution in [1.29, 1.82) is 0 Å². The third-order valence-electron chi connectivity index (χ3n) is 3.32. The lowest BCUT2D eigenvalue weighted by Gasteiger charge is -2.09. The summed E-state index contributed by atoms with van der Waals surface area (Å²) >= 11 is 5.87. The number of nitrogens with one attached hydrogen (secondary N) is 2. The van der Waals surface area contributed by atoms with Gasteiger partial charge in [0, 0.05) is 18.1 Å². The Labute approximate surface area is 142 Å². The summed E-state index contributed by atoms with van der Waals surface area (Å²) in [5, 5.41) is 6.90. The predicted octanol–water partition coefficient (Wildman–Crippen LogP) is 3.78. The molecule has 0 bridgehead atoms. The molecule has 1 heterocycles. The molecule has 0 fully saturated rings. The zero-order valence-electron chi connectivity index (χ0n) is 13.5. The van der Waals surface area contributed by atoms with E-state index in [4.69, 9.17) is 11.6 Å². The molecule has 0 aliphatic rings. The summed E-state index contributed by atoms with van der Waals surface area (Å²) in [6.07, 6.45) is 2.58. The van der Waals surface area contributed by atoms with Crippen LogP contribution in [-0.4, -0.2) is 24.0 Å². The summed E-state index contributed by atoms with van der Waals surface area (Å²) in [4.78, 5) is 16.1. The number of halogens is 1. The van der Waals surface area contributed by atoms with Gasteiger partial charge in [0.25, 0.3) is 5.91 Å². The number of rotatable bonds is 7. The lowest BCUT2D eigenvalue weighted by molar-refractivity contribution is 0.0944. The van der Waals surface area contributed by atoms with E-state index in [1.807, 2.05) is 30.3 Å². The van der Waals surface area contributed by atoms with Crippen LogP contribution in [0.4, 0.5) is 5.69 Å². The minimum Gasteiger partial charge on any atom is -0.383 e. The molecule has 0 spiro atoms. The Bertz CT molecular complexity index is 624. The van der Waals surface area contributed by atoms with Gasteiger partial charge in [-0.1, -0.05) is 37.6 Å². The molecule has 4 nitrogen and oxygen atoms in total. The van der Waals surface area contributed by atoms with E-state index in [-0.39, 0.29) is 5.91 Å². The summed E-state index contributed by atoms with van der Waals surface area (Å²) in [7, 11) is 0. The molecule has 2 rings (SSSR count). The SMILES string of the molecule is CC(C)CNC(=O)c1ccc(NCCc2ccc(Cl)cc2)cn1. The van der Waals surface area contributed by atoms with E-state index in [1.54, 1.807) is 12.3 Å². The summed E-state index contributed by atoms with van der Waals surface area (Å²) in [6.45, 7) is 5.56. The first-order chi connectivity index (χ1) is 11.0. The first-order valence-electron chi connectivity index (χ1n) is 7.77. The molecule has 5 heteroatoms. The molecule has 0 atom stereocenters. The van der Waals surface area contributed by atoms with E-state index in [1.165, 1.54) is 5.56 Å². The molecule has 0 aliphatic carbocycles. The number of anilines is 1. The third kappa shape index (κ3) is 5.91. The first-order valence-corrected chi connectivity index (χ1v) is 8.15. The quantitative estimate of drug-likeness (QED) is 0.812. The van der Waals surface area contributed by atoms with Crippen molar-refractivity contribution in [2.45, 2.75) is 20.3 Å². The molecule has 1 amide bonds. The smallest absolute Gasteiger partial charge is 0.269 e. The van der Waals surface area contributed by atoms with Gasteiger partial charge in [-0.15, -0.1) is 0 Å². The summed E-state index contributed by atoms with van der Waals surface area (Å²) in [5.74, 6) is 0.291. The molecule has 1 aromatic heterocycles. The minimum atomic E-state index is -0.133. The van der Waals surface area contributed by atoms with Crippen molar-refractivity contribution < 1.29 is 4.79 Å². The fourth-order valence-electron chi connectivity index (χ4n) is 2.02. The number of amides is 1. The van der Waals surface area contributed by atoms with E-state index < -0.39 is 0 Å². The van der Waals surface area contributed by atoms with Gasteiger partial charge in [-0.05, 0) is 42.2 Å². The van der Waals surface area contributed by atoms with Crippen LogP contribution in [0.25, 0.3) is 0 Å². The van der Waals surface area contributed by atoms with Gasteiger partial charge in [-0.25, -0.2) is 4.98 Å². The summed E-state index contributed by atoms with van der Waals surface area (Å²) < 4.78 is 0. The van der Waals surface area contributed by atoms with Crippen molar-refractivity contribution >= 4 is 23.2 Å². The molecule has 122 valence electrons. The zero-order valence-corrected chi connectivity index (χ0v) is 14.2. The lowest BCUT2D eigenvalue weighted by atomic mass is 10.1. The zero-order chi connectivity index (χ0) is 16.7. The normalized spacial score (nSPS) is 10.6. The average molecular weight is 332 g/mol. The highest BCUT2D eigenvalue weighted by Gasteiger charge is 2.07. The van der Waals surface area contributed by atoms with Gasteiger partial charge in [0.1, 0.15) is 5.69 Å². The fourth-order valence-corrected chi connectivity index (χ4v) is 2.15. The molecular formula is C18H22ClN3O. The second kappa shape index (κ2) is 8.53. The molecule has 2 aromatic rings. The molecule has 0 aliphatic heterocycles. The van der Waals surface area contributed by atoms with Crippen LogP contribution in [0.2, 0.25) is 5.02 Å². The Balaban J connectivity index is 1.80. The van der Waals surface area contributed by atoms with E-state index >= 15 is 0 Å². The number of benzene rings is 1. The standard InChI is InChI=1S/C18H22ClN3O/c1-13(2)11-22-18(23)17-8-7-16(12-21-17)20-10-9-14-3-5-15(19)6-4-14/h3-8,12-13,20H,9-11H2,1-2H3,(H,22,23).